The van der Waals surface area contributed by atoms with Crippen molar-refractivity contribution in [3.8, 4) is 56.4 Å². The second-order valence-electron chi connectivity index (χ2n) is 13.1. The van der Waals surface area contributed by atoms with Gasteiger partial charge in [0.15, 0.2) is 17.5 Å². The number of aromatic nitrogens is 3. The van der Waals surface area contributed by atoms with E-state index in [1.54, 1.807) is 0 Å². The van der Waals surface area contributed by atoms with Crippen molar-refractivity contribution in [1.29, 1.82) is 0 Å². The Morgan fingerprint density at radius 1 is 0.438 bits per heavy atom. The molecule has 1 spiro atoms. The van der Waals surface area contributed by atoms with Gasteiger partial charge < -0.3 is 0 Å². The molecule has 0 N–H and O–H groups in total. The predicted molar refractivity (Wildman–Crippen MR) is 199 cm³/mol. The van der Waals surface area contributed by atoms with Gasteiger partial charge >= 0.3 is 0 Å². The van der Waals surface area contributed by atoms with Gasteiger partial charge in [-0.2, -0.15) is 0 Å². The first-order valence-electron chi connectivity index (χ1n) is 16.8. The lowest BCUT2D eigenvalue weighted by molar-refractivity contribution is 0.550. The minimum Gasteiger partial charge on any atom is -0.208 e. The third-order valence-electron chi connectivity index (χ3n) is 10.5. The largest absolute Gasteiger partial charge is 0.208 e. The van der Waals surface area contributed by atoms with Crippen LogP contribution in [0.4, 0.5) is 0 Å². The number of benzene rings is 6. The highest BCUT2D eigenvalue weighted by atomic mass is 32.1. The number of fused-ring (bicyclic) bond motifs is 8. The minimum absolute atomic E-state index is 0.0904. The maximum absolute atomic E-state index is 5.23. The zero-order valence-corrected chi connectivity index (χ0v) is 27.2. The highest BCUT2D eigenvalue weighted by Crippen LogP contribution is 2.58. The van der Waals surface area contributed by atoms with Crippen molar-refractivity contribution in [2.75, 3.05) is 0 Å². The topological polar surface area (TPSA) is 38.7 Å². The molecular formula is C44H31N3S. The Morgan fingerprint density at radius 3 is 1.85 bits per heavy atom. The van der Waals surface area contributed by atoms with Gasteiger partial charge in [0.1, 0.15) is 0 Å². The minimum atomic E-state index is 0.0904. The number of rotatable bonds is 4. The summed E-state index contributed by atoms with van der Waals surface area (Å²) in [6, 6.07) is 50.1. The lowest BCUT2D eigenvalue weighted by atomic mass is 9.76. The molecule has 0 radical (unpaired) electrons. The van der Waals surface area contributed by atoms with E-state index >= 15 is 0 Å². The smallest absolute Gasteiger partial charge is 0.164 e. The summed E-state index contributed by atoms with van der Waals surface area (Å²) >= 11 is 1.86. The van der Waals surface area contributed by atoms with E-state index in [0.717, 1.165) is 22.5 Å². The molecule has 3 nitrogen and oxygen atoms in total. The van der Waals surface area contributed by atoms with Gasteiger partial charge in [0.05, 0.1) is 0 Å². The van der Waals surface area contributed by atoms with Crippen LogP contribution in [0.3, 0.4) is 0 Å². The molecule has 2 heterocycles. The van der Waals surface area contributed by atoms with Crippen LogP contribution in [-0.4, -0.2) is 15.0 Å². The van der Waals surface area contributed by atoms with Crippen LogP contribution in [-0.2, 0) is 5.41 Å². The standard InChI is InChI=1S/C44H31N3S/c1-2-12-29(13-3-1)41-45-42(30-24-22-28(23-25-30)31-16-10-17-33-32-14-5-7-21-38(32)48-40(31)33)47-43(46-41)35-18-11-20-37-39(35)34-15-4-6-19-36(34)44(37)26-8-9-27-44/h1-7,10-25H,8-9,26-27H2. The van der Waals surface area contributed by atoms with Crippen molar-refractivity contribution < 1.29 is 0 Å². The first-order valence-corrected chi connectivity index (χ1v) is 17.6. The van der Waals surface area contributed by atoms with E-state index < -0.39 is 0 Å². The number of hydrogen-bond acceptors (Lipinski definition) is 4. The molecule has 0 saturated heterocycles. The molecule has 4 heteroatoms. The molecule has 1 fully saturated rings. The van der Waals surface area contributed by atoms with Gasteiger partial charge in [0, 0.05) is 42.3 Å². The van der Waals surface area contributed by atoms with Crippen molar-refractivity contribution >= 4 is 31.5 Å². The summed E-state index contributed by atoms with van der Waals surface area (Å²) in [6.07, 6.45) is 4.92. The summed E-state index contributed by atoms with van der Waals surface area (Å²) in [5.41, 5.74) is 11.1. The average Bonchev–Trinajstić information content (AvgIpc) is 3.88. The van der Waals surface area contributed by atoms with Crippen LogP contribution in [0.15, 0.2) is 140 Å². The molecule has 2 aliphatic rings. The van der Waals surface area contributed by atoms with E-state index in [0.29, 0.717) is 11.6 Å². The summed E-state index contributed by atoms with van der Waals surface area (Å²) in [5, 5.41) is 2.62. The number of hydrogen-bond donors (Lipinski definition) is 0. The van der Waals surface area contributed by atoms with E-state index in [2.05, 4.69) is 121 Å². The van der Waals surface area contributed by atoms with Gasteiger partial charge in [-0.15, -0.1) is 11.3 Å². The molecule has 1 saturated carbocycles. The molecule has 6 aromatic carbocycles. The lowest BCUT2D eigenvalue weighted by Gasteiger charge is -2.26. The second kappa shape index (κ2) is 10.8. The van der Waals surface area contributed by atoms with E-state index in [1.165, 1.54) is 79.2 Å². The van der Waals surface area contributed by atoms with Crippen molar-refractivity contribution in [3.05, 3.63) is 151 Å². The van der Waals surface area contributed by atoms with Crippen LogP contribution in [0.2, 0.25) is 0 Å². The fraction of sp³-hybridized carbons (Fsp3) is 0.114. The molecule has 0 bridgehead atoms. The van der Waals surface area contributed by atoms with Crippen LogP contribution in [0.25, 0.3) is 76.6 Å². The van der Waals surface area contributed by atoms with Crippen molar-refractivity contribution in [1.82, 2.24) is 15.0 Å². The van der Waals surface area contributed by atoms with Gasteiger partial charge in [-0.05, 0) is 52.3 Å². The zero-order chi connectivity index (χ0) is 31.7. The normalized spacial score (nSPS) is 14.5. The summed E-state index contributed by atoms with van der Waals surface area (Å²) in [6.45, 7) is 0. The summed E-state index contributed by atoms with van der Waals surface area (Å²) in [4.78, 5) is 15.5. The molecule has 0 aliphatic heterocycles. The van der Waals surface area contributed by atoms with Crippen LogP contribution >= 0.6 is 11.3 Å². The molecule has 48 heavy (non-hydrogen) atoms. The Labute approximate surface area is 283 Å². The van der Waals surface area contributed by atoms with Crippen LogP contribution in [0, 0.1) is 0 Å². The Balaban J connectivity index is 1.13. The fourth-order valence-corrected chi connectivity index (χ4v) is 9.56. The Bertz CT molecular complexity index is 2510. The van der Waals surface area contributed by atoms with Gasteiger partial charge in [-0.3, -0.25) is 0 Å². The molecule has 2 aliphatic carbocycles. The molecule has 8 aromatic rings. The first kappa shape index (κ1) is 27.6. The van der Waals surface area contributed by atoms with E-state index in [4.69, 9.17) is 15.0 Å². The van der Waals surface area contributed by atoms with E-state index in [1.807, 2.05) is 29.5 Å². The maximum atomic E-state index is 5.23. The van der Waals surface area contributed by atoms with Crippen LogP contribution in [0.5, 0.6) is 0 Å². The predicted octanol–water partition coefficient (Wildman–Crippen LogP) is 11.7. The Hall–Kier alpha value is -5.45. The van der Waals surface area contributed by atoms with Gasteiger partial charge in [-0.1, -0.05) is 146 Å². The van der Waals surface area contributed by atoms with Gasteiger partial charge in [0.25, 0.3) is 0 Å². The van der Waals surface area contributed by atoms with Gasteiger partial charge in [0.2, 0.25) is 0 Å². The molecule has 0 unspecified atom stereocenters. The molecule has 0 atom stereocenters. The summed E-state index contributed by atoms with van der Waals surface area (Å²) < 4.78 is 2.63. The molecule has 2 aromatic heterocycles. The quantitative estimate of drug-likeness (QED) is 0.194. The molecule has 0 amide bonds. The fourth-order valence-electron chi connectivity index (χ4n) is 8.32. The lowest BCUT2D eigenvalue weighted by Crippen LogP contribution is -2.20. The summed E-state index contributed by atoms with van der Waals surface area (Å²) in [7, 11) is 0. The Kier molecular flexibility index (Phi) is 6.22. The number of thiophene rings is 1. The Morgan fingerprint density at radius 2 is 1.02 bits per heavy atom. The SMILES string of the molecule is c1ccc(-c2nc(-c3ccc(-c4cccc5c4sc4ccccc45)cc3)nc(-c3cccc4c3-c3ccccc3C43CCCC3)n2)cc1. The van der Waals surface area contributed by atoms with Crippen molar-refractivity contribution in [2.24, 2.45) is 0 Å². The second-order valence-corrected chi connectivity index (χ2v) is 14.1. The van der Waals surface area contributed by atoms with Gasteiger partial charge in [-0.25, -0.2) is 15.0 Å². The van der Waals surface area contributed by atoms with Crippen LogP contribution in [0.1, 0.15) is 36.8 Å². The monoisotopic (exact) mass is 633 g/mol. The molecule has 228 valence electrons. The molecular weight excluding hydrogens is 603 g/mol. The third kappa shape index (κ3) is 4.16. The molecule has 10 rings (SSSR count). The van der Waals surface area contributed by atoms with E-state index in [9.17, 15) is 0 Å². The number of nitrogens with zero attached hydrogens (tertiary/aromatic N) is 3. The maximum Gasteiger partial charge on any atom is 0.164 e. The highest BCUT2D eigenvalue weighted by Gasteiger charge is 2.45. The summed E-state index contributed by atoms with van der Waals surface area (Å²) in [5.74, 6) is 2.10. The third-order valence-corrected chi connectivity index (χ3v) is 11.7. The van der Waals surface area contributed by atoms with Crippen molar-refractivity contribution in [3.63, 3.8) is 0 Å². The zero-order valence-electron chi connectivity index (χ0n) is 26.4. The van der Waals surface area contributed by atoms with Crippen molar-refractivity contribution in [2.45, 2.75) is 31.1 Å². The van der Waals surface area contributed by atoms with E-state index in [-0.39, 0.29) is 5.41 Å². The highest BCUT2D eigenvalue weighted by molar-refractivity contribution is 7.26. The van der Waals surface area contributed by atoms with Crippen LogP contribution < -0.4 is 0 Å². The first-order chi connectivity index (χ1) is 23.8. The average molecular weight is 634 g/mol.